The van der Waals surface area contributed by atoms with E-state index in [0.29, 0.717) is 19.1 Å². The summed E-state index contributed by atoms with van der Waals surface area (Å²) < 4.78 is 0. The predicted octanol–water partition coefficient (Wildman–Crippen LogP) is 1.93. The Morgan fingerprint density at radius 1 is 1.18 bits per heavy atom. The smallest absolute Gasteiger partial charge is 0.315 e. The third kappa shape index (κ3) is 6.16. The van der Waals surface area contributed by atoms with E-state index in [9.17, 15) is 9.59 Å². The van der Waals surface area contributed by atoms with Crippen molar-refractivity contribution in [1.82, 2.24) is 15.5 Å². The van der Waals surface area contributed by atoms with Crippen molar-refractivity contribution in [2.45, 2.75) is 38.6 Å². The second-order valence-electron chi connectivity index (χ2n) is 5.77. The molecule has 0 unspecified atom stereocenters. The monoisotopic (exact) mass is 303 g/mol. The maximum absolute atomic E-state index is 11.6. The zero-order chi connectivity index (χ0) is 15.8. The Bertz CT molecular complexity index is 486. The van der Waals surface area contributed by atoms with Gasteiger partial charge >= 0.3 is 6.03 Å². The molecule has 0 saturated heterocycles. The molecular formula is C17H25N3O2. The Balaban J connectivity index is 1.63. The molecule has 0 bridgehead atoms. The Labute approximate surface area is 132 Å². The first kappa shape index (κ1) is 16.3. The van der Waals surface area contributed by atoms with E-state index in [2.05, 4.69) is 22.8 Å². The number of rotatable bonds is 8. The first-order valence-corrected chi connectivity index (χ1v) is 7.99. The van der Waals surface area contributed by atoms with Crippen LogP contribution in [0.4, 0.5) is 4.79 Å². The minimum absolute atomic E-state index is 0.0532. The highest BCUT2D eigenvalue weighted by Crippen LogP contribution is 2.18. The van der Waals surface area contributed by atoms with Gasteiger partial charge in [-0.25, -0.2) is 4.79 Å². The van der Waals surface area contributed by atoms with E-state index in [-0.39, 0.29) is 11.9 Å². The lowest BCUT2D eigenvalue weighted by Gasteiger charge is -2.21. The molecule has 2 N–H and O–H groups in total. The standard InChI is InChI=1S/C17H25N3O2/c1-14(21)20(12-5-8-15-6-3-2-4-7-15)13-11-18-17(22)19-16-9-10-16/h2-4,6-7,16H,5,8-13H2,1H3,(H2,18,19,22). The molecule has 22 heavy (non-hydrogen) atoms. The topological polar surface area (TPSA) is 61.4 Å². The molecule has 3 amide bonds. The number of aryl methyl sites for hydroxylation is 1. The Kier molecular flexibility index (Phi) is 6.25. The van der Waals surface area contributed by atoms with Gasteiger partial charge in [-0.1, -0.05) is 30.3 Å². The molecule has 120 valence electrons. The van der Waals surface area contributed by atoms with Crippen LogP contribution in [-0.4, -0.2) is 42.5 Å². The number of urea groups is 1. The van der Waals surface area contributed by atoms with Gasteiger partial charge in [0.15, 0.2) is 0 Å². The number of hydrogen-bond acceptors (Lipinski definition) is 2. The van der Waals surface area contributed by atoms with Crippen molar-refractivity contribution < 1.29 is 9.59 Å². The number of nitrogens with one attached hydrogen (secondary N) is 2. The van der Waals surface area contributed by atoms with E-state index >= 15 is 0 Å². The fourth-order valence-corrected chi connectivity index (χ4v) is 2.31. The molecule has 5 nitrogen and oxygen atoms in total. The van der Waals surface area contributed by atoms with E-state index in [1.54, 1.807) is 11.8 Å². The average molecular weight is 303 g/mol. The van der Waals surface area contributed by atoms with Gasteiger partial charge in [-0.3, -0.25) is 4.79 Å². The van der Waals surface area contributed by atoms with Crippen LogP contribution < -0.4 is 10.6 Å². The number of nitrogens with zero attached hydrogens (tertiary/aromatic N) is 1. The highest BCUT2D eigenvalue weighted by Gasteiger charge is 2.22. The number of benzene rings is 1. The van der Waals surface area contributed by atoms with Gasteiger partial charge in [0.2, 0.25) is 5.91 Å². The van der Waals surface area contributed by atoms with Gasteiger partial charge in [-0.05, 0) is 31.2 Å². The van der Waals surface area contributed by atoms with E-state index in [1.165, 1.54) is 5.56 Å². The van der Waals surface area contributed by atoms with Crippen LogP contribution in [0.25, 0.3) is 0 Å². The molecule has 1 saturated carbocycles. The normalized spacial score (nSPS) is 13.5. The molecule has 0 atom stereocenters. The van der Waals surface area contributed by atoms with Gasteiger partial charge in [-0.2, -0.15) is 0 Å². The quantitative estimate of drug-likeness (QED) is 0.771. The SMILES string of the molecule is CC(=O)N(CCCc1ccccc1)CCNC(=O)NC1CC1. The molecule has 1 aliphatic rings. The molecule has 0 radical (unpaired) electrons. The number of amides is 3. The van der Waals surface area contributed by atoms with Crippen molar-refractivity contribution >= 4 is 11.9 Å². The van der Waals surface area contributed by atoms with Crippen molar-refractivity contribution in [2.75, 3.05) is 19.6 Å². The van der Waals surface area contributed by atoms with E-state index in [1.807, 2.05) is 18.2 Å². The number of hydrogen-bond donors (Lipinski definition) is 2. The fourth-order valence-electron chi connectivity index (χ4n) is 2.31. The molecule has 1 aromatic rings. The highest BCUT2D eigenvalue weighted by atomic mass is 16.2. The predicted molar refractivity (Wildman–Crippen MR) is 86.6 cm³/mol. The second-order valence-corrected chi connectivity index (χ2v) is 5.77. The van der Waals surface area contributed by atoms with Crippen LogP contribution in [0.5, 0.6) is 0 Å². The molecule has 1 aliphatic carbocycles. The summed E-state index contributed by atoms with van der Waals surface area (Å²) in [7, 11) is 0. The first-order chi connectivity index (χ1) is 10.6. The summed E-state index contributed by atoms with van der Waals surface area (Å²) in [6, 6.07) is 10.5. The lowest BCUT2D eigenvalue weighted by Crippen LogP contribution is -2.42. The van der Waals surface area contributed by atoms with E-state index in [4.69, 9.17) is 0 Å². The average Bonchev–Trinajstić information content (AvgIpc) is 3.30. The van der Waals surface area contributed by atoms with Crippen LogP contribution in [0.1, 0.15) is 31.7 Å². The maximum Gasteiger partial charge on any atom is 0.315 e. The van der Waals surface area contributed by atoms with Crippen LogP contribution in [0.15, 0.2) is 30.3 Å². The molecule has 5 heteroatoms. The van der Waals surface area contributed by atoms with Gasteiger partial charge in [0.1, 0.15) is 0 Å². The van der Waals surface area contributed by atoms with Crippen molar-refractivity contribution in [3.63, 3.8) is 0 Å². The summed E-state index contributed by atoms with van der Waals surface area (Å²) in [5.41, 5.74) is 1.29. The number of carbonyl (C=O) groups excluding carboxylic acids is 2. The molecule has 1 aromatic carbocycles. The summed E-state index contributed by atoms with van der Waals surface area (Å²) >= 11 is 0. The summed E-state index contributed by atoms with van der Waals surface area (Å²) in [5.74, 6) is 0.0532. The van der Waals surface area contributed by atoms with Gasteiger partial charge in [0, 0.05) is 32.6 Å². The fraction of sp³-hybridized carbons (Fsp3) is 0.529. The largest absolute Gasteiger partial charge is 0.341 e. The third-order valence-electron chi connectivity index (χ3n) is 3.76. The minimum atomic E-state index is -0.129. The summed E-state index contributed by atoms with van der Waals surface area (Å²) in [4.78, 5) is 25.0. The van der Waals surface area contributed by atoms with Gasteiger partial charge in [0.05, 0.1) is 0 Å². The third-order valence-corrected chi connectivity index (χ3v) is 3.76. The highest BCUT2D eigenvalue weighted by molar-refractivity contribution is 5.75. The zero-order valence-electron chi connectivity index (χ0n) is 13.2. The van der Waals surface area contributed by atoms with Crippen molar-refractivity contribution in [3.8, 4) is 0 Å². The first-order valence-electron chi connectivity index (χ1n) is 7.99. The van der Waals surface area contributed by atoms with Gasteiger partial charge < -0.3 is 15.5 Å². The molecule has 0 spiro atoms. The van der Waals surface area contributed by atoms with Gasteiger partial charge in [0.25, 0.3) is 0 Å². The van der Waals surface area contributed by atoms with Crippen LogP contribution in [0.2, 0.25) is 0 Å². The van der Waals surface area contributed by atoms with Gasteiger partial charge in [-0.15, -0.1) is 0 Å². The Morgan fingerprint density at radius 2 is 1.91 bits per heavy atom. The van der Waals surface area contributed by atoms with Crippen molar-refractivity contribution in [1.29, 1.82) is 0 Å². The summed E-state index contributed by atoms with van der Waals surface area (Å²) in [6.45, 7) is 3.34. The Morgan fingerprint density at radius 3 is 2.55 bits per heavy atom. The van der Waals surface area contributed by atoms with Crippen LogP contribution in [0.3, 0.4) is 0 Å². The maximum atomic E-state index is 11.6. The van der Waals surface area contributed by atoms with E-state index in [0.717, 1.165) is 32.2 Å². The summed E-state index contributed by atoms with van der Waals surface area (Å²) in [6.07, 6.45) is 4.04. The Hall–Kier alpha value is -2.04. The van der Waals surface area contributed by atoms with E-state index < -0.39 is 0 Å². The summed E-state index contributed by atoms with van der Waals surface area (Å²) in [5, 5.41) is 5.67. The molecule has 0 aliphatic heterocycles. The molecule has 0 heterocycles. The lowest BCUT2D eigenvalue weighted by molar-refractivity contribution is -0.128. The molecule has 2 rings (SSSR count). The number of carbonyl (C=O) groups is 2. The van der Waals surface area contributed by atoms with Crippen molar-refractivity contribution in [3.05, 3.63) is 35.9 Å². The minimum Gasteiger partial charge on any atom is -0.341 e. The van der Waals surface area contributed by atoms with Crippen LogP contribution in [-0.2, 0) is 11.2 Å². The van der Waals surface area contributed by atoms with Crippen molar-refractivity contribution in [2.24, 2.45) is 0 Å². The zero-order valence-corrected chi connectivity index (χ0v) is 13.2. The lowest BCUT2D eigenvalue weighted by atomic mass is 10.1. The second kappa shape index (κ2) is 8.41. The molecular weight excluding hydrogens is 278 g/mol. The molecule has 0 aromatic heterocycles. The van der Waals surface area contributed by atoms with Crippen LogP contribution >= 0.6 is 0 Å². The van der Waals surface area contributed by atoms with Crippen LogP contribution in [0, 0.1) is 0 Å². The molecule has 1 fully saturated rings.